The Bertz CT molecular complexity index is 374. The SMILES string of the molecule is CCN1CCN(C(=O)N2CCN(C(C)C(=O)O)CC2)CC1. The first-order valence-corrected chi connectivity index (χ1v) is 7.76. The fourth-order valence-electron chi connectivity index (χ4n) is 2.91. The van der Waals surface area contributed by atoms with Gasteiger partial charge in [0.1, 0.15) is 6.04 Å². The van der Waals surface area contributed by atoms with Crippen molar-refractivity contribution in [2.24, 2.45) is 0 Å². The minimum absolute atomic E-state index is 0.105. The van der Waals surface area contributed by atoms with Crippen LogP contribution >= 0.6 is 0 Å². The normalized spacial score (nSPS) is 23.1. The van der Waals surface area contributed by atoms with Gasteiger partial charge in [0.15, 0.2) is 0 Å². The zero-order valence-electron chi connectivity index (χ0n) is 13.0. The third kappa shape index (κ3) is 3.85. The van der Waals surface area contributed by atoms with E-state index in [1.807, 2.05) is 14.7 Å². The molecule has 0 aliphatic carbocycles. The maximum atomic E-state index is 12.5. The Hall–Kier alpha value is -1.34. The summed E-state index contributed by atoms with van der Waals surface area (Å²) in [7, 11) is 0. The van der Waals surface area contributed by atoms with Crippen LogP contribution in [0.25, 0.3) is 0 Å². The van der Waals surface area contributed by atoms with Crippen LogP contribution in [0.15, 0.2) is 0 Å². The molecule has 0 radical (unpaired) electrons. The molecule has 0 aromatic heterocycles. The molecule has 0 bridgehead atoms. The first-order chi connectivity index (χ1) is 10.0. The second-order valence-electron chi connectivity index (χ2n) is 5.74. The summed E-state index contributed by atoms with van der Waals surface area (Å²) in [4.78, 5) is 31.5. The standard InChI is InChI=1S/C14H26N4O3/c1-3-15-4-6-17(7-5-15)14(21)18-10-8-16(9-11-18)12(2)13(19)20/h12H,3-11H2,1-2H3,(H,19,20). The summed E-state index contributed by atoms with van der Waals surface area (Å²) < 4.78 is 0. The number of hydrogen-bond donors (Lipinski definition) is 1. The maximum Gasteiger partial charge on any atom is 0.320 e. The number of amides is 2. The summed E-state index contributed by atoms with van der Waals surface area (Å²) in [5, 5.41) is 9.03. The molecule has 21 heavy (non-hydrogen) atoms. The Morgan fingerprint density at radius 1 is 0.952 bits per heavy atom. The topological polar surface area (TPSA) is 67.3 Å². The Balaban J connectivity index is 1.79. The van der Waals surface area contributed by atoms with Crippen LogP contribution < -0.4 is 0 Å². The molecule has 0 saturated carbocycles. The minimum Gasteiger partial charge on any atom is -0.480 e. The van der Waals surface area contributed by atoms with Gasteiger partial charge in [-0.1, -0.05) is 6.92 Å². The van der Waals surface area contributed by atoms with E-state index in [2.05, 4.69) is 11.8 Å². The quantitative estimate of drug-likeness (QED) is 0.784. The highest BCUT2D eigenvalue weighted by atomic mass is 16.4. The van der Waals surface area contributed by atoms with Crippen molar-refractivity contribution >= 4 is 12.0 Å². The van der Waals surface area contributed by atoms with Gasteiger partial charge in [0, 0.05) is 52.4 Å². The van der Waals surface area contributed by atoms with Crippen LogP contribution in [-0.2, 0) is 4.79 Å². The molecule has 2 saturated heterocycles. The minimum atomic E-state index is -0.800. The lowest BCUT2D eigenvalue weighted by Crippen LogP contribution is -2.58. The Morgan fingerprint density at radius 3 is 1.86 bits per heavy atom. The second kappa shape index (κ2) is 7.09. The molecular formula is C14H26N4O3. The highest BCUT2D eigenvalue weighted by Gasteiger charge is 2.30. The highest BCUT2D eigenvalue weighted by molar-refractivity contribution is 5.75. The molecule has 1 N–H and O–H groups in total. The van der Waals surface area contributed by atoms with Crippen LogP contribution in [0.4, 0.5) is 4.79 Å². The number of carboxylic acid groups (broad SMARTS) is 1. The molecule has 1 unspecified atom stereocenters. The summed E-state index contributed by atoms with van der Waals surface area (Å²) in [5.41, 5.74) is 0. The van der Waals surface area contributed by atoms with Crippen molar-refractivity contribution in [2.45, 2.75) is 19.9 Å². The molecule has 0 aromatic carbocycles. The molecule has 7 heteroatoms. The number of hydrogen-bond acceptors (Lipinski definition) is 4. The van der Waals surface area contributed by atoms with E-state index in [0.717, 1.165) is 32.7 Å². The molecule has 2 aliphatic heterocycles. The van der Waals surface area contributed by atoms with E-state index in [9.17, 15) is 9.59 Å². The predicted molar refractivity (Wildman–Crippen MR) is 79.3 cm³/mol. The first-order valence-electron chi connectivity index (χ1n) is 7.76. The van der Waals surface area contributed by atoms with Crippen molar-refractivity contribution in [3.63, 3.8) is 0 Å². The van der Waals surface area contributed by atoms with Crippen molar-refractivity contribution in [1.29, 1.82) is 0 Å². The van der Waals surface area contributed by atoms with Gasteiger partial charge in [-0.05, 0) is 13.5 Å². The zero-order valence-corrected chi connectivity index (χ0v) is 13.0. The molecule has 0 spiro atoms. The third-order valence-corrected chi connectivity index (χ3v) is 4.58. The number of nitrogens with zero attached hydrogens (tertiary/aromatic N) is 4. The molecule has 0 aromatic rings. The monoisotopic (exact) mass is 298 g/mol. The number of likely N-dealkylation sites (N-methyl/N-ethyl adjacent to an activating group) is 1. The fourth-order valence-corrected chi connectivity index (χ4v) is 2.91. The van der Waals surface area contributed by atoms with Gasteiger partial charge in [0.05, 0.1) is 0 Å². The lowest BCUT2D eigenvalue weighted by molar-refractivity contribution is -0.143. The van der Waals surface area contributed by atoms with Gasteiger partial charge in [-0.25, -0.2) is 4.79 Å². The Kier molecular flexibility index (Phi) is 5.41. The van der Waals surface area contributed by atoms with E-state index in [1.54, 1.807) is 6.92 Å². The van der Waals surface area contributed by atoms with E-state index < -0.39 is 12.0 Å². The van der Waals surface area contributed by atoms with E-state index in [-0.39, 0.29) is 6.03 Å². The lowest BCUT2D eigenvalue weighted by Gasteiger charge is -2.41. The first kappa shape index (κ1) is 16.0. The smallest absolute Gasteiger partial charge is 0.320 e. The van der Waals surface area contributed by atoms with Gasteiger partial charge in [-0.2, -0.15) is 0 Å². The largest absolute Gasteiger partial charge is 0.480 e. The molecule has 2 rings (SSSR count). The second-order valence-corrected chi connectivity index (χ2v) is 5.74. The van der Waals surface area contributed by atoms with Crippen molar-refractivity contribution in [1.82, 2.24) is 19.6 Å². The number of rotatable bonds is 3. The summed E-state index contributed by atoms with van der Waals surface area (Å²) in [6.45, 7) is 10.8. The van der Waals surface area contributed by atoms with Gasteiger partial charge in [-0.3, -0.25) is 9.69 Å². The number of carboxylic acids is 1. The van der Waals surface area contributed by atoms with Crippen LogP contribution in [0.3, 0.4) is 0 Å². The summed E-state index contributed by atoms with van der Waals surface area (Å²) in [6, 6.07) is -0.372. The Morgan fingerprint density at radius 2 is 1.43 bits per heavy atom. The predicted octanol–water partition coefficient (Wildman–Crippen LogP) is -0.165. The highest BCUT2D eigenvalue weighted by Crippen LogP contribution is 2.11. The Labute approximate surface area is 126 Å². The number of carbonyl (C=O) groups is 2. The number of urea groups is 1. The lowest BCUT2D eigenvalue weighted by atomic mass is 10.2. The van der Waals surface area contributed by atoms with Gasteiger partial charge < -0.3 is 19.8 Å². The average molecular weight is 298 g/mol. The van der Waals surface area contributed by atoms with E-state index in [1.165, 1.54) is 0 Å². The average Bonchev–Trinajstić information content (AvgIpc) is 2.53. The number of aliphatic carboxylic acids is 1. The van der Waals surface area contributed by atoms with Gasteiger partial charge in [0.25, 0.3) is 0 Å². The summed E-state index contributed by atoms with van der Waals surface area (Å²) in [6.07, 6.45) is 0. The molecule has 1 atom stereocenters. The number of carbonyl (C=O) groups excluding carboxylic acids is 1. The number of piperazine rings is 2. The molecule has 2 aliphatic rings. The van der Waals surface area contributed by atoms with E-state index >= 15 is 0 Å². The maximum absolute atomic E-state index is 12.5. The molecule has 2 fully saturated rings. The molecule has 2 heterocycles. The van der Waals surface area contributed by atoms with Crippen molar-refractivity contribution in [3.05, 3.63) is 0 Å². The van der Waals surface area contributed by atoms with Crippen LogP contribution in [0.2, 0.25) is 0 Å². The summed E-state index contributed by atoms with van der Waals surface area (Å²) >= 11 is 0. The summed E-state index contributed by atoms with van der Waals surface area (Å²) in [5.74, 6) is -0.800. The van der Waals surface area contributed by atoms with E-state index in [4.69, 9.17) is 5.11 Å². The molecule has 120 valence electrons. The molecule has 2 amide bonds. The van der Waals surface area contributed by atoms with E-state index in [0.29, 0.717) is 26.2 Å². The van der Waals surface area contributed by atoms with Crippen LogP contribution in [0, 0.1) is 0 Å². The molecular weight excluding hydrogens is 272 g/mol. The zero-order chi connectivity index (χ0) is 15.4. The van der Waals surface area contributed by atoms with Gasteiger partial charge in [-0.15, -0.1) is 0 Å². The van der Waals surface area contributed by atoms with Crippen molar-refractivity contribution < 1.29 is 14.7 Å². The van der Waals surface area contributed by atoms with Crippen molar-refractivity contribution in [2.75, 3.05) is 58.9 Å². The molecule has 7 nitrogen and oxygen atoms in total. The van der Waals surface area contributed by atoms with Crippen LogP contribution in [0.1, 0.15) is 13.8 Å². The third-order valence-electron chi connectivity index (χ3n) is 4.58. The van der Waals surface area contributed by atoms with Crippen LogP contribution in [-0.4, -0.2) is 102 Å². The van der Waals surface area contributed by atoms with Crippen LogP contribution in [0.5, 0.6) is 0 Å². The fraction of sp³-hybridized carbons (Fsp3) is 0.857. The van der Waals surface area contributed by atoms with Gasteiger partial charge >= 0.3 is 12.0 Å². The van der Waals surface area contributed by atoms with Gasteiger partial charge in [0.2, 0.25) is 0 Å². The van der Waals surface area contributed by atoms with Crippen molar-refractivity contribution in [3.8, 4) is 0 Å².